The van der Waals surface area contributed by atoms with Gasteiger partial charge in [0, 0.05) is 36.9 Å². The molecular formula is C17H20FN5. The second kappa shape index (κ2) is 5.86. The molecule has 0 spiro atoms. The summed E-state index contributed by atoms with van der Waals surface area (Å²) < 4.78 is 13.6. The summed E-state index contributed by atoms with van der Waals surface area (Å²) in [6, 6.07) is 9.25. The van der Waals surface area contributed by atoms with E-state index in [-0.39, 0.29) is 11.9 Å². The highest BCUT2D eigenvalue weighted by molar-refractivity contribution is 5.33. The molecule has 3 heterocycles. The molecule has 1 aromatic heterocycles. The third-order valence-corrected chi connectivity index (χ3v) is 4.78. The Morgan fingerprint density at radius 3 is 3.00 bits per heavy atom. The van der Waals surface area contributed by atoms with Crippen LogP contribution in [0.25, 0.3) is 0 Å². The van der Waals surface area contributed by atoms with Gasteiger partial charge in [-0.3, -0.25) is 5.43 Å². The van der Waals surface area contributed by atoms with Crippen LogP contribution in [0.5, 0.6) is 0 Å². The number of nitrogens with one attached hydrogen (secondary N) is 2. The molecule has 0 radical (unpaired) electrons. The number of aromatic nitrogens is 2. The van der Waals surface area contributed by atoms with Gasteiger partial charge < -0.3 is 4.90 Å². The zero-order valence-electron chi connectivity index (χ0n) is 13.0. The van der Waals surface area contributed by atoms with Crippen molar-refractivity contribution in [3.05, 3.63) is 53.6 Å². The smallest absolute Gasteiger partial charge is 0.225 e. The van der Waals surface area contributed by atoms with Gasteiger partial charge >= 0.3 is 0 Å². The summed E-state index contributed by atoms with van der Waals surface area (Å²) in [7, 11) is 0. The quantitative estimate of drug-likeness (QED) is 0.888. The van der Waals surface area contributed by atoms with E-state index >= 15 is 0 Å². The van der Waals surface area contributed by atoms with Crippen molar-refractivity contribution in [2.45, 2.75) is 25.4 Å². The molecule has 3 atom stereocenters. The van der Waals surface area contributed by atoms with Gasteiger partial charge in [-0.25, -0.2) is 19.8 Å². The molecule has 120 valence electrons. The molecule has 5 nitrogen and oxygen atoms in total. The van der Waals surface area contributed by atoms with E-state index in [0.717, 1.165) is 36.7 Å². The molecular weight excluding hydrogens is 293 g/mol. The van der Waals surface area contributed by atoms with Gasteiger partial charge in [-0.1, -0.05) is 12.1 Å². The first-order chi connectivity index (χ1) is 11.2. The number of anilines is 1. The van der Waals surface area contributed by atoms with E-state index in [1.807, 2.05) is 19.1 Å². The Kier molecular flexibility index (Phi) is 3.71. The van der Waals surface area contributed by atoms with Crippen molar-refractivity contribution in [3.63, 3.8) is 0 Å². The summed E-state index contributed by atoms with van der Waals surface area (Å²) in [5.74, 6) is 0.949. The normalized spacial score (nSPS) is 27.0. The predicted molar refractivity (Wildman–Crippen MR) is 86.3 cm³/mol. The lowest BCUT2D eigenvalue weighted by molar-refractivity contribution is 0.353. The van der Waals surface area contributed by atoms with Crippen LogP contribution >= 0.6 is 0 Å². The lowest BCUT2D eigenvalue weighted by atomic mass is 9.85. The molecule has 0 amide bonds. The van der Waals surface area contributed by atoms with Crippen molar-refractivity contribution in [3.8, 4) is 0 Å². The maximum Gasteiger partial charge on any atom is 0.225 e. The number of benzene rings is 1. The number of piperidine rings is 1. The first-order valence-electron chi connectivity index (χ1n) is 8.02. The fraction of sp³-hybridized carbons (Fsp3) is 0.412. The van der Waals surface area contributed by atoms with E-state index in [9.17, 15) is 4.39 Å². The molecule has 2 fully saturated rings. The van der Waals surface area contributed by atoms with E-state index in [2.05, 4.69) is 25.7 Å². The summed E-state index contributed by atoms with van der Waals surface area (Å²) in [5.41, 5.74) is 8.67. The predicted octanol–water partition coefficient (Wildman–Crippen LogP) is 1.97. The SMILES string of the molecule is Cc1ccnc(N2CCC3NNC(c4cccc(F)c4)C3C2)n1. The van der Waals surface area contributed by atoms with Crippen LogP contribution in [0.1, 0.15) is 23.7 Å². The molecule has 23 heavy (non-hydrogen) atoms. The summed E-state index contributed by atoms with van der Waals surface area (Å²) in [6.07, 6.45) is 2.82. The number of rotatable bonds is 2. The zero-order valence-corrected chi connectivity index (χ0v) is 13.0. The number of hydrazine groups is 1. The van der Waals surface area contributed by atoms with Gasteiger partial charge in [-0.2, -0.15) is 0 Å². The maximum atomic E-state index is 13.6. The van der Waals surface area contributed by atoms with E-state index in [1.54, 1.807) is 18.3 Å². The van der Waals surface area contributed by atoms with Crippen molar-refractivity contribution in [2.24, 2.45) is 5.92 Å². The molecule has 2 aromatic rings. The van der Waals surface area contributed by atoms with Crippen molar-refractivity contribution < 1.29 is 4.39 Å². The summed E-state index contributed by atoms with van der Waals surface area (Å²) in [6.45, 7) is 3.76. The highest BCUT2D eigenvalue weighted by Gasteiger charge is 2.41. The lowest BCUT2D eigenvalue weighted by Gasteiger charge is -2.36. The fourth-order valence-electron chi connectivity index (χ4n) is 3.60. The number of hydrogen-bond acceptors (Lipinski definition) is 5. The van der Waals surface area contributed by atoms with Crippen LogP contribution in [-0.2, 0) is 0 Å². The number of nitrogens with zero attached hydrogens (tertiary/aromatic N) is 3. The summed E-state index contributed by atoms with van der Waals surface area (Å²) in [4.78, 5) is 11.2. The van der Waals surface area contributed by atoms with Gasteiger partial charge in [-0.15, -0.1) is 0 Å². The van der Waals surface area contributed by atoms with Crippen molar-refractivity contribution in [1.82, 2.24) is 20.8 Å². The van der Waals surface area contributed by atoms with Gasteiger partial charge in [0.2, 0.25) is 5.95 Å². The van der Waals surface area contributed by atoms with Crippen LogP contribution < -0.4 is 15.8 Å². The van der Waals surface area contributed by atoms with Gasteiger partial charge in [0.15, 0.2) is 0 Å². The largest absolute Gasteiger partial charge is 0.340 e. The van der Waals surface area contributed by atoms with Crippen LogP contribution in [0.4, 0.5) is 10.3 Å². The number of fused-ring (bicyclic) bond motifs is 1. The van der Waals surface area contributed by atoms with E-state index < -0.39 is 0 Å². The van der Waals surface area contributed by atoms with Crippen molar-refractivity contribution >= 4 is 5.95 Å². The van der Waals surface area contributed by atoms with E-state index in [0.29, 0.717) is 12.0 Å². The Labute approximate surface area is 134 Å². The zero-order chi connectivity index (χ0) is 15.8. The molecule has 0 bridgehead atoms. The third-order valence-electron chi connectivity index (χ3n) is 4.78. The van der Waals surface area contributed by atoms with Crippen LogP contribution in [-0.4, -0.2) is 29.1 Å². The highest BCUT2D eigenvalue weighted by atomic mass is 19.1. The molecule has 6 heteroatoms. The molecule has 2 aliphatic rings. The van der Waals surface area contributed by atoms with Crippen molar-refractivity contribution in [2.75, 3.05) is 18.0 Å². The number of aryl methyl sites for hydroxylation is 1. The lowest BCUT2D eigenvalue weighted by Crippen LogP contribution is -2.46. The van der Waals surface area contributed by atoms with Gasteiger partial charge in [0.1, 0.15) is 5.82 Å². The molecule has 2 saturated heterocycles. The average molecular weight is 313 g/mol. The minimum Gasteiger partial charge on any atom is -0.340 e. The standard InChI is InChI=1S/C17H20FN5/c1-11-5-7-19-17(20-11)23-8-6-15-14(10-23)16(22-21-15)12-3-2-4-13(18)9-12/h2-5,7,9,14-16,21-22H,6,8,10H2,1H3. The van der Waals surface area contributed by atoms with Crippen molar-refractivity contribution in [1.29, 1.82) is 0 Å². The van der Waals surface area contributed by atoms with Crippen LogP contribution in [0.2, 0.25) is 0 Å². The third kappa shape index (κ3) is 2.80. The monoisotopic (exact) mass is 313 g/mol. The van der Waals surface area contributed by atoms with Gasteiger partial charge in [0.05, 0.1) is 6.04 Å². The molecule has 3 unspecified atom stereocenters. The minimum atomic E-state index is -0.192. The average Bonchev–Trinajstić information content (AvgIpc) is 2.98. The summed E-state index contributed by atoms with van der Waals surface area (Å²) in [5, 5.41) is 0. The van der Waals surface area contributed by atoms with Gasteiger partial charge in [-0.05, 0) is 37.1 Å². The molecule has 1 aromatic carbocycles. The molecule has 4 rings (SSSR count). The van der Waals surface area contributed by atoms with Crippen LogP contribution in [0.15, 0.2) is 36.5 Å². The molecule has 2 N–H and O–H groups in total. The van der Waals surface area contributed by atoms with Crippen LogP contribution in [0.3, 0.4) is 0 Å². The van der Waals surface area contributed by atoms with E-state index in [1.165, 1.54) is 6.07 Å². The topological polar surface area (TPSA) is 53.1 Å². The minimum absolute atomic E-state index is 0.100. The molecule has 0 saturated carbocycles. The second-order valence-corrected chi connectivity index (χ2v) is 6.32. The number of halogens is 1. The first kappa shape index (κ1) is 14.5. The highest BCUT2D eigenvalue weighted by Crippen LogP contribution is 2.34. The second-order valence-electron chi connectivity index (χ2n) is 6.32. The fourth-order valence-corrected chi connectivity index (χ4v) is 3.60. The Bertz CT molecular complexity index is 707. The Morgan fingerprint density at radius 2 is 2.17 bits per heavy atom. The Hall–Kier alpha value is -2.05. The van der Waals surface area contributed by atoms with E-state index in [4.69, 9.17) is 0 Å². The summed E-state index contributed by atoms with van der Waals surface area (Å²) >= 11 is 0. The Balaban J connectivity index is 1.57. The first-order valence-corrected chi connectivity index (χ1v) is 8.02. The maximum absolute atomic E-state index is 13.6. The molecule has 2 aliphatic heterocycles. The van der Waals surface area contributed by atoms with Gasteiger partial charge in [0.25, 0.3) is 0 Å². The van der Waals surface area contributed by atoms with Crippen LogP contribution in [0, 0.1) is 18.7 Å². The molecule has 0 aliphatic carbocycles. The number of hydrogen-bond donors (Lipinski definition) is 2. The Morgan fingerprint density at radius 1 is 1.26 bits per heavy atom.